The maximum atomic E-state index is 12.2. The first-order chi connectivity index (χ1) is 15.9. The number of rotatable bonds is 8. The number of nitrogens with one attached hydrogen (secondary N) is 3. The Morgan fingerprint density at radius 1 is 1.12 bits per heavy atom. The fourth-order valence-corrected chi connectivity index (χ4v) is 3.18. The summed E-state index contributed by atoms with van der Waals surface area (Å²) in [5.41, 5.74) is 5.64. The zero-order valence-electron chi connectivity index (χ0n) is 18.7. The van der Waals surface area contributed by atoms with Crippen LogP contribution in [0.1, 0.15) is 29.5 Å². The number of hydrogen-bond donors (Lipinski definition) is 3. The monoisotopic (exact) mass is 452 g/mol. The van der Waals surface area contributed by atoms with Crippen molar-refractivity contribution in [3.63, 3.8) is 0 Å². The number of aryl methyl sites for hydroxylation is 2. The van der Waals surface area contributed by atoms with E-state index in [1.165, 1.54) is 6.21 Å². The van der Waals surface area contributed by atoms with Crippen LogP contribution in [0.5, 0.6) is 5.75 Å². The summed E-state index contributed by atoms with van der Waals surface area (Å²) < 4.78 is 11.0. The van der Waals surface area contributed by atoms with E-state index >= 15 is 0 Å². The normalized spacial score (nSPS) is 15.3. The first-order valence-electron chi connectivity index (χ1n) is 10.7. The van der Waals surface area contributed by atoms with Crippen LogP contribution in [0.3, 0.4) is 0 Å². The summed E-state index contributed by atoms with van der Waals surface area (Å²) in [5.74, 6) is -1.56. The summed E-state index contributed by atoms with van der Waals surface area (Å²) in [6.45, 7) is 4.74. The molecule has 1 heterocycles. The topological polar surface area (TPSA) is 118 Å². The molecule has 0 spiro atoms. The Balaban J connectivity index is 1.48. The van der Waals surface area contributed by atoms with Gasteiger partial charge in [0, 0.05) is 24.4 Å². The molecule has 3 amide bonds. The third kappa shape index (κ3) is 7.43. The Hall–Kier alpha value is -3.72. The molecule has 0 saturated carbocycles. The van der Waals surface area contributed by atoms with Gasteiger partial charge in [0.2, 0.25) is 0 Å². The van der Waals surface area contributed by atoms with Gasteiger partial charge in [0.05, 0.1) is 12.3 Å². The number of anilines is 1. The van der Waals surface area contributed by atoms with E-state index in [-0.39, 0.29) is 25.2 Å². The highest BCUT2D eigenvalue weighted by Gasteiger charge is 2.19. The molecule has 0 radical (unpaired) electrons. The standard InChI is InChI=1S/C24H28N4O5/c1-16-9-10-19(12-17(16)2)27-22(29)15-33-21-8-4-3-6-18(21)13-26-28-24(31)23(30)25-14-20-7-5-11-32-20/h3-4,6,8-10,12-13,20H,5,7,11,14-15H2,1-2H3,(H,25,30)(H,27,29)(H,28,31)/b26-13-/t20-/m0/s1. The zero-order valence-corrected chi connectivity index (χ0v) is 18.7. The van der Waals surface area contributed by atoms with Crippen LogP contribution in [0.15, 0.2) is 47.6 Å². The van der Waals surface area contributed by atoms with Gasteiger partial charge >= 0.3 is 11.8 Å². The quantitative estimate of drug-likeness (QED) is 0.322. The van der Waals surface area contributed by atoms with Gasteiger partial charge in [0.25, 0.3) is 5.91 Å². The minimum Gasteiger partial charge on any atom is -0.483 e. The van der Waals surface area contributed by atoms with Crippen LogP contribution >= 0.6 is 0 Å². The molecule has 1 aliphatic rings. The van der Waals surface area contributed by atoms with Crippen molar-refractivity contribution in [1.82, 2.24) is 10.7 Å². The number of ether oxygens (including phenoxy) is 2. The molecule has 0 unspecified atom stereocenters. The molecule has 33 heavy (non-hydrogen) atoms. The molecule has 0 aromatic heterocycles. The van der Waals surface area contributed by atoms with Crippen LogP contribution in [-0.2, 0) is 19.1 Å². The molecule has 2 aromatic rings. The number of carbonyl (C=O) groups is 3. The SMILES string of the molecule is Cc1ccc(NC(=O)COc2ccccc2/C=N\NC(=O)C(=O)NC[C@@H]2CCCO2)cc1C. The average Bonchev–Trinajstić information content (AvgIpc) is 3.33. The van der Waals surface area contributed by atoms with Gasteiger partial charge < -0.3 is 20.1 Å². The van der Waals surface area contributed by atoms with E-state index in [0.29, 0.717) is 23.6 Å². The van der Waals surface area contributed by atoms with Crippen LogP contribution in [0.4, 0.5) is 5.69 Å². The van der Waals surface area contributed by atoms with Gasteiger partial charge in [-0.25, -0.2) is 5.43 Å². The van der Waals surface area contributed by atoms with Crippen molar-refractivity contribution in [1.29, 1.82) is 0 Å². The average molecular weight is 453 g/mol. The number of para-hydroxylation sites is 1. The maximum Gasteiger partial charge on any atom is 0.329 e. The Morgan fingerprint density at radius 3 is 2.70 bits per heavy atom. The molecule has 1 fully saturated rings. The fourth-order valence-electron chi connectivity index (χ4n) is 3.18. The van der Waals surface area contributed by atoms with Gasteiger partial charge in [-0.2, -0.15) is 5.10 Å². The number of benzene rings is 2. The molecule has 174 valence electrons. The number of amides is 3. The predicted molar refractivity (Wildman–Crippen MR) is 124 cm³/mol. The van der Waals surface area contributed by atoms with Crippen molar-refractivity contribution in [3.05, 3.63) is 59.2 Å². The predicted octanol–water partition coefficient (Wildman–Crippen LogP) is 2.07. The summed E-state index contributed by atoms with van der Waals surface area (Å²) in [4.78, 5) is 36.0. The van der Waals surface area contributed by atoms with Gasteiger partial charge in [-0.05, 0) is 62.1 Å². The molecule has 1 aliphatic heterocycles. The second kappa shape index (κ2) is 11.8. The Kier molecular flexibility index (Phi) is 8.54. The van der Waals surface area contributed by atoms with Crippen molar-refractivity contribution in [3.8, 4) is 5.75 Å². The first kappa shape index (κ1) is 23.9. The van der Waals surface area contributed by atoms with Gasteiger partial charge in [-0.15, -0.1) is 0 Å². The second-order valence-electron chi connectivity index (χ2n) is 7.72. The van der Waals surface area contributed by atoms with E-state index in [4.69, 9.17) is 9.47 Å². The van der Waals surface area contributed by atoms with Crippen LogP contribution in [0, 0.1) is 13.8 Å². The number of nitrogens with zero attached hydrogens (tertiary/aromatic N) is 1. The Morgan fingerprint density at radius 2 is 1.94 bits per heavy atom. The van der Waals surface area contributed by atoms with Gasteiger partial charge in [0.15, 0.2) is 6.61 Å². The molecular weight excluding hydrogens is 424 g/mol. The molecule has 1 saturated heterocycles. The second-order valence-corrected chi connectivity index (χ2v) is 7.72. The molecule has 2 aromatic carbocycles. The van der Waals surface area contributed by atoms with E-state index in [0.717, 1.165) is 24.0 Å². The molecule has 3 N–H and O–H groups in total. The first-order valence-corrected chi connectivity index (χ1v) is 10.7. The van der Waals surface area contributed by atoms with E-state index in [1.54, 1.807) is 24.3 Å². The van der Waals surface area contributed by atoms with Crippen LogP contribution in [0.2, 0.25) is 0 Å². The third-order valence-corrected chi connectivity index (χ3v) is 5.16. The largest absolute Gasteiger partial charge is 0.483 e. The molecule has 1 atom stereocenters. The Labute approximate surface area is 192 Å². The molecule has 9 heteroatoms. The Bertz CT molecular complexity index is 1030. The summed E-state index contributed by atoms with van der Waals surface area (Å²) in [7, 11) is 0. The molecule has 0 aliphatic carbocycles. The van der Waals surface area contributed by atoms with E-state index in [9.17, 15) is 14.4 Å². The highest BCUT2D eigenvalue weighted by Crippen LogP contribution is 2.17. The highest BCUT2D eigenvalue weighted by atomic mass is 16.5. The smallest absolute Gasteiger partial charge is 0.329 e. The minimum atomic E-state index is -0.879. The lowest BCUT2D eigenvalue weighted by molar-refractivity contribution is -0.139. The van der Waals surface area contributed by atoms with E-state index in [1.807, 2.05) is 32.0 Å². The summed E-state index contributed by atoms with van der Waals surface area (Å²) in [6, 6.07) is 12.6. The number of hydrazone groups is 1. The molecular formula is C24H28N4O5. The minimum absolute atomic E-state index is 0.0542. The zero-order chi connectivity index (χ0) is 23.6. The fraction of sp³-hybridized carbons (Fsp3) is 0.333. The number of carbonyl (C=O) groups excluding carboxylic acids is 3. The molecule has 3 rings (SSSR count). The van der Waals surface area contributed by atoms with Crippen molar-refractivity contribution in [2.75, 3.05) is 25.1 Å². The van der Waals surface area contributed by atoms with Crippen molar-refractivity contribution in [2.45, 2.75) is 32.8 Å². The van der Waals surface area contributed by atoms with Crippen molar-refractivity contribution < 1.29 is 23.9 Å². The highest BCUT2D eigenvalue weighted by molar-refractivity contribution is 6.35. The van der Waals surface area contributed by atoms with Crippen LogP contribution < -0.4 is 20.8 Å². The van der Waals surface area contributed by atoms with Crippen LogP contribution in [-0.4, -0.2) is 49.8 Å². The molecule has 0 bridgehead atoms. The van der Waals surface area contributed by atoms with Crippen LogP contribution in [0.25, 0.3) is 0 Å². The summed E-state index contributed by atoms with van der Waals surface area (Å²) in [5, 5.41) is 9.14. The van der Waals surface area contributed by atoms with Gasteiger partial charge in [-0.1, -0.05) is 18.2 Å². The lowest BCUT2D eigenvalue weighted by Gasteiger charge is -2.11. The summed E-state index contributed by atoms with van der Waals surface area (Å²) >= 11 is 0. The lowest BCUT2D eigenvalue weighted by atomic mass is 10.1. The van der Waals surface area contributed by atoms with Crippen molar-refractivity contribution >= 4 is 29.6 Å². The summed E-state index contributed by atoms with van der Waals surface area (Å²) in [6.07, 6.45) is 3.11. The van der Waals surface area contributed by atoms with E-state index in [2.05, 4.69) is 21.2 Å². The van der Waals surface area contributed by atoms with Crippen molar-refractivity contribution in [2.24, 2.45) is 5.10 Å². The van der Waals surface area contributed by atoms with E-state index < -0.39 is 11.8 Å². The lowest BCUT2D eigenvalue weighted by Crippen LogP contribution is -2.41. The van der Waals surface area contributed by atoms with Gasteiger partial charge in [0.1, 0.15) is 5.75 Å². The van der Waals surface area contributed by atoms with Gasteiger partial charge in [-0.3, -0.25) is 14.4 Å². The maximum absolute atomic E-state index is 12.2. The third-order valence-electron chi connectivity index (χ3n) is 5.16. The number of hydrogen-bond acceptors (Lipinski definition) is 6. The molecule has 9 nitrogen and oxygen atoms in total.